The molecule has 1 rings (SSSR count). The molecule has 1 saturated heterocycles. The van der Waals surface area contributed by atoms with Gasteiger partial charge in [0.15, 0.2) is 5.85 Å². The lowest BCUT2D eigenvalue weighted by Gasteiger charge is -2.27. The second kappa shape index (κ2) is 7.68. The monoisotopic (exact) mass is 362 g/mol. The van der Waals surface area contributed by atoms with Crippen molar-refractivity contribution >= 4 is 17.7 Å². The zero-order chi connectivity index (χ0) is 17.1. The third-order valence-electron chi connectivity index (χ3n) is 2.68. The van der Waals surface area contributed by atoms with E-state index >= 15 is 0 Å². The maximum atomic E-state index is 14.0. The summed E-state index contributed by atoms with van der Waals surface area (Å²) in [5.41, 5.74) is 0. The van der Waals surface area contributed by atoms with Gasteiger partial charge in [-0.15, -0.1) is 0 Å². The Labute approximate surface area is 131 Å². The van der Waals surface area contributed by atoms with E-state index in [0.717, 1.165) is 6.26 Å². The molecule has 0 radical (unpaired) electrons. The van der Waals surface area contributed by atoms with Crippen LogP contribution < -0.4 is 0 Å². The van der Waals surface area contributed by atoms with Gasteiger partial charge in [-0.1, -0.05) is 0 Å². The van der Waals surface area contributed by atoms with Crippen molar-refractivity contribution in [3.8, 4) is 0 Å². The third-order valence-corrected chi connectivity index (χ3v) is 5.71. The second-order valence-electron chi connectivity index (χ2n) is 5.72. The van der Waals surface area contributed by atoms with Crippen molar-refractivity contribution in [1.82, 2.24) is 0 Å². The van der Waals surface area contributed by atoms with E-state index in [9.17, 15) is 17.4 Å². The molecule has 0 N–H and O–H groups in total. The lowest BCUT2D eigenvalue weighted by Crippen LogP contribution is -2.25. The van der Waals surface area contributed by atoms with Gasteiger partial charge < -0.3 is 13.8 Å². The van der Waals surface area contributed by atoms with Crippen molar-refractivity contribution in [2.45, 2.75) is 64.4 Å². The highest BCUT2D eigenvalue weighted by atomic mass is 32.2. The fourth-order valence-electron chi connectivity index (χ4n) is 1.97. The number of alkyl halides is 1. The SMILES string of the molecule is CC(C)OP(=O)(OC(C)C)[C@H]1C[C@@H](F)[C@@H](COS(C)(=O)=O)O1. The molecule has 0 amide bonds. The number of halogens is 1. The normalized spacial score (nSPS) is 27.0. The Morgan fingerprint density at radius 1 is 1.23 bits per heavy atom. The molecule has 0 saturated carbocycles. The van der Waals surface area contributed by atoms with Gasteiger partial charge in [-0.2, -0.15) is 8.42 Å². The van der Waals surface area contributed by atoms with E-state index in [1.807, 2.05) is 0 Å². The predicted octanol–water partition coefficient (Wildman–Crippen LogP) is 2.46. The highest BCUT2D eigenvalue weighted by Gasteiger charge is 2.48. The lowest BCUT2D eigenvalue weighted by molar-refractivity contribution is 0.0105. The Morgan fingerprint density at radius 3 is 2.14 bits per heavy atom. The van der Waals surface area contributed by atoms with Crippen molar-refractivity contribution in [3.63, 3.8) is 0 Å². The van der Waals surface area contributed by atoms with E-state index in [4.69, 9.17) is 13.8 Å². The molecule has 132 valence electrons. The summed E-state index contributed by atoms with van der Waals surface area (Å²) < 4.78 is 69.4. The van der Waals surface area contributed by atoms with Gasteiger partial charge in [0.2, 0.25) is 0 Å². The molecule has 3 atom stereocenters. The van der Waals surface area contributed by atoms with E-state index in [2.05, 4.69) is 4.18 Å². The Balaban J connectivity index is 2.79. The summed E-state index contributed by atoms with van der Waals surface area (Å²) in [5.74, 6) is -1.08. The number of ether oxygens (including phenoxy) is 1. The Hall–Kier alpha value is -0.0500. The van der Waals surface area contributed by atoms with Crippen LogP contribution in [0, 0.1) is 0 Å². The Kier molecular flexibility index (Phi) is 6.98. The largest absolute Gasteiger partial charge is 0.359 e. The molecular formula is C12H24FO7PS. The summed E-state index contributed by atoms with van der Waals surface area (Å²) in [7, 11) is -7.39. The molecule has 1 aliphatic heterocycles. The van der Waals surface area contributed by atoms with Crippen LogP contribution in [0.3, 0.4) is 0 Å². The standard InChI is InChI=1S/C12H24FO7PS/c1-8(2)19-21(14,20-9(3)4)12-6-10(13)11(18-12)7-17-22(5,15)16/h8-12H,6-7H2,1-5H3/t10-,11-,12+/m1/s1. The van der Waals surface area contributed by atoms with Crippen LogP contribution in [0.1, 0.15) is 34.1 Å². The van der Waals surface area contributed by atoms with Crippen LogP contribution in [-0.4, -0.2) is 51.6 Å². The van der Waals surface area contributed by atoms with Crippen molar-refractivity contribution in [1.29, 1.82) is 0 Å². The minimum Gasteiger partial charge on any atom is -0.357 e. The molecule has 22 heavy (non-hydrogen) atoms. The molecule has 0 aliphatic carbocycles. The maximum Gasteiger partial charge on any atom is 0.359 e. The molecule has 0 aromatic carbocycles. The topological polar surface area (TPSA) is 88.1 Å². The van der Waals surface area contributed by atoms with Gasteiger partial charge in [-0.3, -0.25) is 8.75 Å². The van der Waals surface area contributed by atoms with Crippen molar-refractivity contribution < 1.29 is 35.3 Å². The van der Waals surface area contributed by atoms with Gasteiger partial charge in [0.1, 0.15) is 12.3 Å². The molecule has 0 unspecified atom stereocenters. The lowest BCUT2D eigenvalue weighted by atomic mass is 10.2. The van der Waals surface area contributed by atoms with Crippen LogP contribution in [-0.2, 0) is 32.7 Å². The van der Waals surface area contributed by atoms with Crippen LogP contribution in [0.15, 0.2) is 0 Å². The summed E-state index contributed by atoms with van der Waals surface area (Å²) in [5, 5.41) is 0. The van der Waals surface area contributed by atoms with Crippen molar-refractivity contribution in [2.24, 2.45) is 0 Å². The van der Waals surface area contributed by atoms with Crippen LogP contribution in [0.2, 0.25) is 0 Å². The van der Waals surface area contributed by atoms with Gasteiger partial charge in [0, 0.05) is 6.42 Å². The molecule has 7 nitrogen and oxygen atoms in total. The van der Waals surface area contributed by atoms with Gasteiger partial charge in [0.25, 0.3) is 10.1 Å². The maximum absolute atomic E-state index is 14.0. The Morgan fingerprint density at radius 2 is 1.73 bits per heavy atom. The van der Waals surface area contributed by atoms with E-state index in [1.54, 1.807) is 27.7 Å². The first kappa shape index (κ1) is 20.0. The molecule has 1 aliphatic rings. The quantitative estimate of drug-likeness (QED) is 0.484. The van der Waals surface area contributed by atoms with Gasteiger partial charge in [-0.05, 0) is 27.7 Å². The summed E-state index contributed by atoms with van der Waals surface area (Å²) in [6.07, 6.45) is -2.75. The summed E-state index contributed by atoms with van der Waals surface area (Å²) in [4.78, 5) is 0. The molecule has 0 aromatic heterocycles. The minimum atomic E-state index is -3.70. The molecule has 0 spiro atoms. The van der Waals surface area contributed by atoms with Gasteiger partial charge in [0.05, 0.1) is 25.1 Å². The number of hydrogen-bond donors (Lipinski definition) is 0. The zero-order valence-corrected chi connectivity index (χ0v) is 15.1. The predicted molar refractivity (Wildman–Crippen MR) is 79.0 cm³/mol. The van der Waals surface area contributed by atoms with E-state index < -0.39 is 54.6 Å². The molecule has 10 heteroatoms. The second-order valence-corrected chi connectivity index (χ2v) is 9.44. The third kappa shape index (κ3) is 6.22. The molecule has 0 aromatic rings. The smallest absolute Gasteiger partial charge is 0.357 e. The molecule has 1 heterocycles. The first-order chi connectivity index (χ1) is 9.93. The summed E-state index contributed by atoms with van der Waals surface area (Å²) >= 11 is 0. The van der Waals surface area contributed by atoms with Gasteiger partial charge in [-0.25, -0.2) is 4.39 Å². The molecule has 1 fully saturated rings. The first-order valence-electron chi connectivity index (χ1n) is 7.03. The average Bonchev–Trinajstić information content (AvgIpc) is 2.65. The van der Waals surface area contributed by atoms with E-state index in [1.165, 1.54) is 0 Å². The first-order valence-corrected chi connectivity index (χ1v) is 10.5. The molecule has 0 bridgehead atoms. The average molecular weight is 362 g/mol. The summed E-state index contributed by atoms with van der Waals surface area (Å²) in [6, 6.07) is 0. The highest BCUT2D eigenvalue weighted by molar-refractivity contribution is 7.85. The minimum absolute atomic E-state index is 0.200. The number of rotatable bonds is 8. The molecular weight excluding hydrogens is 338 g/mol. The highest BCUT2D eigenvalue weighted by Crippen LogP contribution is 2.59. The van der Waals surface area contributed by atoms with Crippen molar-refractivity contribution in [3.05, 3.63) is 0 Å². The summed E-state index contributed by atoms with van der Waals surface area (Å²) in [6.45, 7) is 6.26. The fourth-order valence-corrected chi connectivity index (χ4v) is 4.62. The van der Waals surface area contributed by atoms with Crippen LogP contribution in [0.4, 0.5) is 4.39 Å². The Bertz CT molecular complexity index is 494. The zero-order valence-electron chi connectivity index (χ0n) is 13.4. The van der Waals surface area contributed by atoms with E-state index in [-0.39, 0.29) is 6.42 Å². The van der Waals surface area contributed by atoms with E-state index in [0.29, 0.717) is 0 Å². The van der Waals surface area contributed by atoms with Crippen LogP contribution in [0.5, 0.6) is 0 Å². The van der Waals surface area contributed by atoms with Crippen molar-refractivity contribution in [2.75, 3.05) is 12.9 Å². The number of hydrogen-bond acceptors (Lipinski definition) is 7. The van der Waals surface area contributed by atoms with Gasteiger partial charge >= 0.3 is 7.60 Å². The van der Waals surface area contributed by atoms with Crippen LogP contribution in [0.25, 0.3) is 0 Å². The fraction of sp³-hybridized carbons (Fsp3) is 1.00. The van der Waals surface area contributed by atoms with Crippen LogP contribution >= 0.6 is 7.60 Å².